The largest absolute Gasteiger partial charge is 0.574 e. The van der Waals surface area contributed by atoms with Crippen molar-refractivity contribution in [1.29, 1.82) is 0 Å². The molecule has 0 aromatic carbocycles. The zero-order chi connectivity index (χ0) is 16.4. The fraction of sp³-hybridized carbons (Fsp3) is 0.400. The first kappa shape index (κ1) is 17.5. The van der Waals surface area contributed by atoms with Gasteiger partial charge in [0.2, 0.25) is 5.88 Å². The Morgan fingerprint density at radius 1 is 1.29 bits per heavy atom. The molecule has 0 saturated heterocycles. The van der Waals surface area contributed by atoms with Crippen LogP contribution < -0.4 is 4.74 Å². The third kappa shape index (κ3) is 5.06. The molecule has 21 heavy (non-hydrogen) atoms. The van der Waals surface area contributed by atoms with E-state index < -0.39 is 36.4 Å². The maximum atomic E-state index is 12.7. The van der Waals surface area contributed by atoms with E-state index in [2.05, 4.69) is 30.4 Å². The average molecular weight is 382 g/mol. The Balaban J connectivity index is 3.34. The molecule has 0 aliphatic heterocycles. The van der Waals surface area contributed by atoms with Crippen LogP contribution in [0.3, 0.4) is 0 Å². The summed E-state index contributed by atoms with van der Waals surface area (Å²) in [6.07, 6.45) is -11.1. The molecule has 0 radical (unpaired) electrons. The summed E-state index contributed by atoms with van der Waals surface area (Å²) in [5, 5.41) is 0. The molecule has 1 rings (SSSR count). The van der Waals surface area contributed by atoms with E-state index in [1.165, 1.54) is 0 Å². The molecular formula is C10H6BrF6NO3. The van der Waals surface area contributed by atoms with Crippen LogP contribution in [0.1, 0.15) is 11.3 Å². The summed E-state index contributed by atoms with van der Waals surface area (Å²) in [6.45, 7) is 0. The van der Waals surface area contributed by atoms with Crippen molar-refractivity contribution in [3.63, 3.8) is 0 Å². The monoisotopic (exact) mass is 381 g/mol. The SMILES string of the molecule is COC(=O)Cc1nc(OC(F)(F)F)c(C(F)(F)F)cc1Br. The summed E-state index contributed by atoms with van der Waals surface area (Å²) in [5.41, 5.74) is -2.10. The van der Waals surface area contributed by atoms with Crippen molar-refractivity contribution < 1.29 is 40.6 Å². The standard InChI is InChI=1S/C10H6BrF6NO3/c1-20-7(19)3-6-5(11)2-4(9(12,13)14)8(18-6)21-10(15,16)17/h2H,3H2,1H3. The van der Waals surface area contributed by atoms with Gasteiger partial charge in [0.15, 0.2) is 0 Å². The van der Waals surface area contributed by atoms with Gasteiger partial charge in [0, 0.05) is 4.47 Å². The van der Waals surface area contributed by atoms with Crippen LogP contribution in [0.5, 0.6) is 5.88 Å². The molecule has 4 nitrogen and oxygen atoms in total. The normalized spacial score (nSPS) is 12.2. The summed E-state index contributed by atoms with van der Waals surface area (Å²) >= 11 is 2.70. The number of methoxy groups -OCH3 is 1. The van der Waals surface area contributed by atoms with Crippen LogP contribution in [-0.2, 0) is 22.1 Å². The summed E-state index contributed by atoms with van der Waals surface area (Å²) in [6, 6.07) is 0.354. The lowest BCUT2D eigenvalue weighted by Gasteiger charge is -2.16. The number of rotatable bonds is 3. The quantitative estimate of drug-likeness (QED) is 0.594. The summed E-state index contributed by atoms with van der Waals surface area (Å²) in [4.78, 5) is 14.1. The molecule has 0 aliphatic rings. The van der Waals surface area contributed by atoms with Gasteiger partial charge in [0.05, 0.1) is 19.2 Å². The zero-order valence-electron chi connectivity index (χ0n) is 10.1. The van der Waals surface area contributed by atoms with Crippen LogP contribution in [0.15, 0.2) is 10.5 Å². The van der Waals surface area contributed by atoms with E-state index in [1.807, 2.05) is 0 Å². The number of hydrogen-bond acceptors (Lipinski definition) is 4. The van der Waals surface area contributed by atoms with Crippen molar-refractivity contribution in [2.75, 3.05) is 7.11 Å². The lowest BCUT2D eigenvalue weighted by atomic mass is 10.2. The van der Waals surface area contributed by atoms with Gasteiger partial charge < -0.3 is 9.47 Å². The molecule has 11 heteroatoms. The van der Waals surface area contributed by atoms with Gasteiger partial charge in [-0.1, -0.05) is 0 Å². The van der Waals surface area contributed by atoms with Crippen LogP contribution in [0.4, 0.5) is 26.3 Å². The van der Waals surface area contributed by atoms with Gasteiger partial charge >= 0.3 is 18.5 Å². The fourth-order valence-corrected chi connectivity index (χ4v) is 1.69. The third-order valence-electron chi connectivity index (χ3n) is 2.07. The molecule has 1 heterocycles. The molecule has 0 aliphatic carbocycles. The highest BCUT2D eigenvalue weighted by molar-refractivity contribution is 9.10. The van der Waals surface area contributed by atoms with Crippen LogP contribution in [-0.4, -0.2) is 24.4 Å². The smallest absolute Gasteiger partial charge is 0.469 e. The Morgan fingerprint density at radius 3 is 2.29 bits per heavy atom. The highest BCUT2D eigenvalue weighted by Crippen LogP contribution is 2.39. The Morgan fingerprint density at radius 2 is 1.86 bits per heavy atom. The molecule has 0 unspecified atom stereocenters. The molecule has 0 amide bonds. The second-order valence-corrected chi connectivity index (χ2v) is 4.42. The van der Waals surface area contributed by atoms with E-state index in [0.717, 1.165) is 7.11 Å². The van der Waals surface area contributed by atoms with Gasteiger partial charge in [-0.05, 0) is 22.0 Å². The number of halogens is 7. The topological polar surface area (TPSA) is 48.4 Å². The van der Waals surface area contributed by atoms with Crippen LogP contribution in [0, 0.1) is 0 Å². The van der Waals surface area contributed by atoms with Gasteiger partial charge in [-0.15, -0.1) is 13.2 Å². The molecule has 0 bridgehead atoms. The van der Waals surface area contributed by atoms with Crippen molar-refractivity contribution in [2.45, 2.75) is 19.0 Å². The Labute approximate surface area is 122 Å². The molecule has 0 atom stereocenters. The number of alkyl halides is 6. The van der Waals surface area contributed by atoms with E-state index in [1.54, 1.807) is 0 Å². The zero-order valence-corrected chi connectivity index (χ0v) is 11.7. The van der Waals surface area contributed by atoms with Crippen molar-refractivity contribution in [1.82, 2.24) is 4.98 Å². The number of carbonyl (C=O) groups is 1. The molecule has 118 valence electrons. The third-order valence-corrected chi connectivity index (χ3v) is 2.76. The molecule has 0 saturated carbocycles. The molecule has 0 fully saturated rings. The fourth-order valence-electron chi connectivity index (χ4n) is 1.23. The first-order valence-electron chi connectivity index (χ1n) is 5.03. The summed E-state index contributed by atoms with van der Waals surface area (Å²) in [5.74, 6) is -2.57. The number of nitrogens with zero attached hydrogens (tertiary/aromatic N) is 1. The Hall–Kier alpha value is -1.52. The van der Waals surface area contributed by atoms with E-state index in [9.17, 15) is 31.1 Å². The van der Waals surface area contributed by atoms with Gasteiger partial charge in [-0.25, -0.2) is 4.98 Å². The summed E-state index contributed by atoms with van der Waals surface area (Å²) in [7, 11) is 1.01. The van der Waals surface area contributed by atoms with Crippen LogP contribution in [0.2, 0.25) is 0 Å². The predicted molar refractivity (Wildman–Crippen MR) is 59.3 cm³/mol. The summed E-state index contributed by atoms with van der Waals surface area (Å²) < 4.78 is 81.6. The highest BCUT2D eigenvalue weighted by atomic mass is 79.9. The first-order valence-corrected chi connectivity index (χ1v) is 5.82. The minimum Gasteiger partial charge on any atom is -0.469 e. The maximum Gasteiger partial charge on any atom is 0.574 e. The number of aromatic nitrogens is 1. The number of hydrogen-bond donors (Lipinski definition) is 0. The Bertz CT molecular complexity index is 543. The van der Waals surface area contributed by atoms with Crippen LogP contribution in [0.25, 0.3) is 0 Å². The average Bonchev–Trinajstić information content (AvgIpc) is 2.29. The number of esters is 1. The molecule has 1 aromatic heterocycles. The van der Waals surface area contributed by atoms with E-state index in [0.29, 0.717) is 6.07 Å². The van der Waals surface area contributed by atoms with Gasteiger partial charge in [0.25, 0.3) is 0 Å². The maximum absolute atomic E-state index is 12.7. The van der Waals surface area contributed by atoms with Crippen molar-refractivity contribution in [3.05, 3.63) is 21.8 Å². The van der Waals surface area contributed by atoms with Crippen molar-refractivity contribution in [2.24, 2.45) is 0 Å². The minimum atomic E-state index is -5.36. The van der Waals surface area contributed by atoms with E-state index in [4.69, 9.17) is 0 Å². The predicted octanol–water partition coefficient (Wildman–Crippen LogP) is 3.48. The van der Waals surface area contributed by atoms with Gasteiger partial charge in [-0.3, -0.25) is 4.79 Å². The number of carbonyl (C=O) groups excluding carboxylic acids is 1. The van der Waals surface area contributed by atoms with Crippen molar-refractivity contribution >= 4 is 21.9 Å². The second kappa shape index (κ2) is 6.08. The molecular weight excluding hydrogens is 376 g/mol. The number of ether oxygens (including phenoxy) is 2. The lowest BCUT2D eigenvalue weighted by Crippen LogP contribution is -2.22. The van der Waals surface area contributed by atoms with E-state index >= 15 is 0 Å². The molecule has 0 spiro atoms. The van der Waals surface area contributed by atoms with E-state index in [-0.39, 0.29) is 10.2 Å². The number of pyridine rings is 1. The lowest BCUT2D eigenvalue weighted by molar-refractivity contribution is -0.277. The molecule has 1 aromatic rings. The van der Waals surface area contributed by atoms with Crippen LogP contribution >= 0.6 is 15.9 Å². The minimum absolute atomic E-state index is 0.297. The van der Waals surface area contributed by atoms with Gasteiger partial charge in [0.1, 0.15) is 5.56 Å². The van der Waals surface area contributed by atoms with Gasteiger partial charge in [-0.2, -0.15) is 13.2 Å². The highest BCUT2D eigenvalue weighted by Gasteiger charge is 2.41. The first-order chi connectivity index (χ1) is 9.44. The molecule has 0 N–H and O–H groups in total. The Kier molecular flexibility index (Phi) is 5.07. The second-order valence-electron chi connectivity index (χ2n) is 3.57. The van der Waals surface area contributed by atoms with Crippen molar-refractivity contribution in [3.8, 4) is 5.88 Å².